The van der Waals surface area contributed by atoms with E-state index in [1.165, 1.54) is 18.9 Å². The number of nitrogens with zero attached hydrogens (tertiary/aromatic N) is 2. The second-order valence-corrected chi connectivity index (χ2v) is 6.08. The predicted octanol–water partition coefficient (Wildman–Crippen LogP) is -0.664. The van der Waals surface area contributed by atoms with Gasteiger partial charge in [-0.2, -0.15) is 0 Å². The molecule has 2 atom stereocenters. The van der Waals surface area contributed by atoms with Crippen molar-refractivity contribution in [3.05, 3.63) is 11.3 Å². The van der Waals surface area contributed by atoms with Crippen LogP contribution in [0.1, 0.15) is 13.8 Å². The van der Waals surface area contributed by atoms with E-state index in [0.29, 0.717) is 11.3 Å². The summed E-state index contributed by atoms with van der Waals surface area (Å²) in [7, 11) is 1.19. The van der Waals surface area contributed by atoms with Crippen LogP contribution in [-0.2, 0) is 24.0 Å². The Morgan fingerprint density at radius 2 is 2.09 bits per heavy atom. The molecule has 124 valence electrons. The number of carboxylic acids is 1. The van der Waals surface area contributed by atoms with Gasteiger partial charge in [0.25, 0.3) is 11.8 Å². The first-order valence-electron chi connectivity index (χ1n) is 6.60. The van der Waals surface area contributed by atoms with Crippen LogP contribution in [0.5, 0.6) is 0 Å². The van der Waals surface area contributed by atoms with E-state index in [4.69, 9.17) is 0 Å². The topological polar surface area (TPSA) is 125 Å². The van der Waals surface area contributed by atoms with Gasteiger partial charge in [0.2, 0.25) is 5.71 Å². The third-order valence-electron chi connectivity index (χ3n) is 3.38. The van der Waals surface area contributed by atoms with Crippen LogP contribution in [0.25, 0.3) is 0 Å². The van der Waals surface area contributed by atoms with Gasteiger partial charge >= 0.3 is 5.97 Å². The van der Waals surface area contributed by atoms with E-state index in [0.717, 1.165) is 11.8 Å². The summed E-state index contributed by atoms with van der Waals surface area (Å²) in [5, 5.41) is 14.4. The zero-order chi connectivity index (χ0) is 17.3. The number of ketones is 1. The molecule has 0 aromatic heterocycles. The lowest BCUT2D eigenvalue weighted by molar-refractivity contribution is -0.150. The number of oxime groups is 1. The standard InChI is InChI=1S/C13H15N3O6S/c1-5-4-23-12-8(11(19)16(12)9(5)13(20)21)14-10(18)7(6(2)17)15-22-3/h8,12H,4H2,1-3H3,(H,14,18)(H,20,21)/t8?,12-/m1/s1. The number of nitrogens with one attached hydrogen (secondary N) is 1. The van der Waals surface area contributed by atoms with E-state index in [1.54, 1.807) is 6.92 Å². The fourth-order valence-corrected chi connectivity index (χ4v) is 3.63. The van der Waals surface area contributed by atoms with Crippen molar-refractivity contribution in [1.29, 1.82) is 0 Å². The molecule has 0 saturated carbocycles. The van der Waals surface area contributed by atoms with Gasteiger partial charge in [0.05, 0.1) is 0 Å². The largest absolute Gasteiger partial charge is 0.477 e. The Kier molecular flexibility index (Phi) is 4.73. The highest BCUT2D eigenvalue weighted by Gasteiger charge is 2.54. The molecule has 2 amide bonds. The molecule has 2 aliphatic rings. The van der Waals surface area contributed by atoms with Gasteiger partial charge in [-0.3, -0.25) is 19.3 Å². The number of carboxylic acid groups (broad SMARTS) is 1. The quantitative estimate of drug-likeness (QED) is 0.294. The number of aliphatic carboxylic acids is 1. The fraction of sp³-hybridized carbons (Fsp3) is 0.462. The normalized spacial score (nSPS) is 23.9. The molecule has 9 nitrogen and oxygen atoms in total. The van der Waals surface area contributed by atoms with Crippen molar-refractivity contribution in [3.63, 3.8) is 0 Å². The first kappa shape index (κ1) is 17.0. The Morgan fingerprint density at radius 3 is 2.61 bits per heavy atom. The van der Waals surface area contributed by atoms with E-state index in [9.17, 15) is 24.3 Å². The van der Waals surface area contributed by atoms with Crippen LogP contribution in [0.15, 0.2) is 16.4 Å². The average Bonchev–Trinajstić information content (AvgIpc) is 2.48. The van der Waals surface area contributed by atoms with E-state index in [2.05, 4.69) is 15.3 Å². The number of carbonyl (C=O) groups excluding carboxylic acids is 3. The van der Waals surface area contributed by atoms with Crippen molar-refractivity contribution in [2.75, 3.05) is 12.9 Å². The van der Waals surface area contributed by atoms with Crippen LogP contribution in [0.4, 0.5) is 0 Å². The number of rotatable bonds is 5. The van der Waals surface area contributed by atoms with Gasteiger partial charge < -0.3 is 15.3 Å². The minimum absolute atomic E-state index is 0.0541. The zero-order valence-electron chi connectivity index (χ0n) is 12.7. The van der Waals surface area contributed by atoms with Gasteiger partial charge in [0.15, 0.2) is 5.78 Å². The summed E-state index contributed by atoms with van der Waals surface area (Å²) in [5.41, 5.74) is 0.0774. The van der Waals surface area contributed by atoms with Gasteiger partial charge in [0, 0.05) is 12.7 Å². The van der Waals surface area contributed by atoms with Gasteiger partial charge in [-0.15, -0.1) is 11.8 Å². The molecule has 0 aliphatic carbocycles. The highest BCUT2D eigenvalue weighted by atomic mass is 32.2. The molecular formula is C13H15N3O6S. The lowest BCUT2D eigenvalue weighted by atomic mass is 10.0. The van der Waals surface area contributed by atoms with Crippen LogP contribution >= 0.6 is 11.8 Å². The number of fused-ring (bicyclic) bond motifs is 1. The number of β-lactam (4-membered cyclic amide) rings is 1. The smallest absolute Gasteiger partial charge is 0.352 e. The Morgan fingerprint density at radius 1 is 1.43 bits per heavy atom. The molecule has 2 aliphatic heterocycles. The van der Waals surface area contributed by atoms with Crippen molar-refractivity contribution in [1.82, 2.24) is 10.2 Å². The molecular weight excluding hydrogens is 326 g/mol. The summed E-state index contributed by atoms with van der Waals surface area (Å²) in [6, 6.07) is -0.906. The van der Waals surface area contributed by atoms with Crippen LogP contribution in [0.3, 0.4) is 0 Å². The minimum atomic E-state index is -1.18. The van der Waals surface area contributed by atoms with Gasteiger partial charge in [0.1, 0.15) is 24.2 Å². The Hall–Kier alpha value is -2.36. The maximum atomic E-state index is 12.2. The summed E-state index contributed by atoms with van der Waals surface area (Å²) >= 11 is 1.34. The summed E-state index contributed by atoms with van der Waals surface area (Å²) < 4.78 is 0. The first-order valence-corrected chi connectivity index (χ1v) is 7.65. The molecule has 1 fully saturated rings. The lowest BCUT2D eigenvalue weighted by Crippen LogP contribution is -2.71. The second kappa shape index (κ2) is 6.41. The van der Waals surface area contributed by atoms with E-state index < -0.39 is 40.7 Å². The number of carbonyl (C=O) groups is 4. The van der Waals surface area contributed by atoms with Crippen LogP contribution in [0, 0.1) is 0 Å². The predicted molar refractivity (Wildman–Crippen MR) is 80.5 cm³/mol. The van der Waals surface area contributed by atoms with Gasteiger partial charge in [-0.25, -0.2) is 4.79 Å². The molecule has 0 radical (unpaired) electrons. The fourth-order valence-electron chi connectivity index (χ4n) is 2.34. The Bertz CT molecular complexity index is 656. The highest BCUT2D eigenvalue weighted by Crippen LogP contribution is 2.40. The maximum absolute atomic E-state index is 12.2. The third kappa shape index (κ3) is 2.93. The second-order valence-electron chi connectivity index (χ2n) is 4.97. The SMILES string of the molecule is CON=C(C(C)=O)C(=O)NC1C(=O)N2C(C(=O)O)=C(C)CS[C@H]12. The van der Waals surface area contributed by atoms with Crippen molar-refractivity contribution >= 4 is 41.0 Å². The molecule has 0 spiro atoms. The number of hydrogen-bond donors (Lipinski definition) is 2. The molecule has 0 aromatic rings. The molecule has 10 heteroatoms. The summed E-state index contributed by atoms with van der Waals surface area (Å²) in [4.78, 5) is 52.4. The van der Waals surface area contributed by atoms with E-state index >= 15 is 0 Å². The zero-order valence-corrected chi connectivity index (χ0v) is 13.5. The number of hydrogen-bond acceptors (Lipinski definition) is 7. The number of Topliss-reactive ketones (excluding diaryl/α,β-unsaturated/α-hetero) is 1. The Labute approximate surface area is 135 Å². The molecule has 0 bridgehead atoms. The number of thioether (sulfide) groups is 1. The molecule has 23 heavy (non-hydrogen) atoms. The number of amides is 2. The van der Waals surface area contributed by atoms with Crippen LogP contribution in [0.2, 0.25) is 0 Å². The molecule has 1 saturated heterocycles. The molecule has 0 aromatic carbocycles. The van der Waals surface area contributed by atoms with Crippen molar-refractivity contribution < 1.29 is 29.1 Å². The minimum Gasteiger partial charge on any atom is -0.477 e. The van der Waals surface area contributed by atoms with E-state index in [-0.39, 0.29) is 5.70 Å². The molecule has 1 unspecified atom stereocenters. The molecule has 2 heterocycles. The van der Waals surface area contributed by atoms with Crippen molar-refractivity contribution in [2.45, 2.75) is 25.3 Å². The Balaban J connectivity index is 2.16. The monoisotopic (exact) mass is 341 g/mol. The van der Waals surface area contributed by atoms with Crippen molar-refractivity contribution in [2.24, 2.45) is 5.16 Å². The van der Waals surface area contributed by atoms with Crippen LogP contribution < -0.4 is 5.32 Å². The molecule has 2 rings (SSSR count). The summed E-state index contributed by atoms with van der Waals surface area (Å²) in [5.74, 6) is -2.72. The first-order chi connectivity index (χ1) is 10.8. The van der Waals surface area contributed by atoms with Gasteiger partial charge in [-0.05, 0) is 12.5 Å². The lowest BCUT2D eigenvalue weighted by Gasteiger charge is -2.49. The van der Waals surface area contributed by atoms with E-state index in [1.807, 2.05) is 0 Å². The average molecular weight is 341 g/mol. The summed E-state index contributed by atoms with van der Waals surface area (Å²) in [6.07, 6.45) is 0. The van der Waals surface area contributed by atoms with Crippen LogP contribution in [-0.4, -0.2) is 63.6 Å². The molecule has 2 N–H and O–H groups in total. The third-order valence-corrected chi connectivity index (χ3v) is 4.80. The maximum Gasteiger partial charge on any atom is 0.352 e. The summed E-state index contributed by atoms with van der Waals surface area (Å²) in [6.45, 7) is 2.79. The van der Waals surface area contributed by atoms with Crippen molar-refractivity contribution in [3.8, 4) is 0 Å². The van der Waals surface area contributed by atoms with Gasteiger partial charge in [-0.1, -0.05) is 5.16 Å². The highest BCUT2D eigenvalue weighted by molar-refractivity contribution is 8.00.